The number of hydrogen-bond acceptors (Lipinski definition) is 2. The van der Waals surface area contributed by atoms with Crippen molar-refractivity contribution in [2.75, 3.05) is 12.4 Å². The van der Waals surface area contributed by atoms with E-state index in [1.807, 2.05) is 56.3 Å². The molecule has 5 heteroatoms. The van der Waals surface area contributed by atoms with Crippen LogP contribution in [0.5, 0.6) is 5.75 Å². The molecule has 2 aromatic carbocycles. The average Bonchev–Trinajstić information content (AvgIpc) is 2.48. The van der Waals surface area contributed by atoms with Crippen molar-refractivity contribution < 1.29 is 4.74 Å². The van der Waals surface area contributed by atoms with Gasteiger partial charge in [0.1, 0.15) is 5.75 Å². The van der Waals surface area contributed by atoms with E-state index in [0.717, 1.165) is 22.6 Å². The molecule has 118 valence electrons. The van der Waals surface area contributed by atoms with Gasteiger partial charge < -0.3 is 15.8 Å². The molecule has 0 aromatic heterocycles. The van der Waals surface area contributed by atoms with E-state index in [1.165, 1.54) is 5.56 Å². The first kappa shape index (κ1) is 18.3. The molecule has 4 nitrogen and oxygen atoms in total. The highest BCUT2D eigenvalue weighted by atomic mass is 127. The van der Waals surface area contributed by atoms with Crippen molar-refractivity contribution in [1.82, 2.24) is 0 Å². The van der Waals surface area contributed by atoms with Gasteiger partial charge in [-0.05, 0) is 37.6 Å². The number of aliphatic imine (C=N–C) groups is 1. The van der Waals surface area contributed by atoms with Crippen LogP contribution in [0.3, 0.4) is 0 Å². The molecule has 0 saturated carbocycles. The molecule has 0 aliphatic carbocycles. The zero-order valence-electron chi connectivity index (χ0n) is 13.1. The Bertz CT molecular complexity index is 639. The summed E-state index contributed by atoms with van der Waals surface area (Å²) < 4.78 is 5.36. The molecule has 0 aliphatic heterocycles. The second kappa shape index (κ2) is 8.63. The highest BCUT2D eigenvalue weighted by Gasteiger charge is 2.03. The number of nitrogens with one attached hydrogen (secondary N) is 1. The minimum atomic E-state index is 0. The summed E-state index contributed by atoms with van der Waals surface area (Å²) in [4.78, 5) is 4.35. The number of benzene rings is 2. The number of anilines is 1. The molecule has 0 unspecified atom stereocenters. The normalized spacial score (nSPS) is 10.8. The van der Waals surface area contributed by atoms with E-state index in [4.69, 9.17) is 10.5 Å². The van der Waals surface area contributed by atoms with Gasteiger partial charge in [0, 0.05) is 11.3 Å². The topological polar surface area (TPSA) is 59.6 Å². The number of nitrogens with two attached hydrogens (primary N) is 1. The Morgan fingerprint density at radius 2 is 1.73 bits per heavy atom. The van der Waals surface area contributed by atoms with Crippen LogP contribution < -0.4 is 15.8 Å². The molecule has 0 radical (unpaired) electrons. The van der Waals surface area contributed by atoms with Gasteiger partial charge in [-0.3, -0.25) is 0 Å². The van der Waals surface area contributed by atoms with Gasteiger partial charge in [0.2, 0.25) is 0 Å². The van der Waals surface area contributed by atoms with Gasteiger partial charge >= 0.3 is 0 Å². The Morgan fingerprint density at radius 1 is 1.09 bits per heavy atom. The third kappa shape index (κ3) is 5.22. The number of nitrogens with zero attached hydrogens (tertiary/aromatic N) is 1. The molecular formula is C17H22IN3O. The second-order valence-corrected chi connectivity index (χ2v) is 5.01. The van der Waals surface area contributed by atoms with Crippen LogP contribution in [0.1, 0.15) is 16.7 Å². The summed E-state index contributed by atoms with van der Waals surface area (Å²) in [6.07, 6.45) is 0. The van der Waals surface area contributed by atoms with Crippen LogP contribution in [0.15, 0.2) is 47.5 Å². The number of rotatable bonds is 4. The van der Waals surface area contributed by atoms with Crippen LogP contribution in [0.25, 0.3) is 0 Å². The van der Waals surface area contributed by atoms with Crippen LogP contribution in [-0.2, 0) is 6.54 Å². The Kier molecular flexibility index (Phi) is 7.17. The van der Waals surface area contributed by atoms with Gasteiger partial charge in [-0.25, -0.2) is 4.99 Å². The molecule has 2 rings (SSSR count). The first-order valence-corrected chi connectivity index (χ1v) is 6.85. The van der Waals surface area contributed by atoms with Gasteiger partial charge in [-0.15, -0.1) is 24.0 Å². The van der Waals surface area contributed by atoms with E-state index >= 15 is 0 Å². The maximum atomic E-state index is 5.91. The third-order valence-corrected chi connectivity index (χ3v) is 3.19. The van der Waals surface area contributed by atoms with Crippen molar-refractivity contribution in [3.63, 3.8) is 0 Å². The van der Waals surface area contributed by atoms with E-state index < -0.39 is 0 Å². The Balaban J connectivity index is 0.00000242. The number of ether oxygens (including phenoxy) is 1. The molecule has 2 aromatic rings. The van der Waals surface area contributed by atoms with Gasteiger partial charge in [0.05, 0.1) is 13.7 Å². The molecule has 0 aliphatic rings. The highest BCUT2D eigenvalue weighted by Crippen LogP contribution is 2.20. The molecule has 3 N–H and O–H groups in total. The largest absolute Gasteiger partial charge is 0.496 e. The Labute approximate surface area is 148 Å². The summed E-state index contributed by atoms with van der Waals surface area (Å²) in [7, 11) is 1.66. The fourth-order valence-electron chi connectivity index (χ4n) is 1.98. The number of halogens is 1. The molecular weight excluding hydrogens is 389 g/mol. The Hall–Kier alpha value is -1.76. The maximum absolute atomic E-state index is 5.91. The number of hydrogen-bond donors (Lipinski definition) is 2. The molecule has 0 saturated heterocycles. The number of methoxy groups -OCH3 is 1. The quantitative estimate of drug-likeness (QED) is 0.457. The van der Waals surface area contributed by atoms with Crippen molar-refractivity contribution >= 4 is 35.6 Å². The average molecular weight is 411 g/mol. The van der Waals surface area contributed by atoms with Crippen molar-refractivity contribution in [2.24, 2.45) is 10.7 Å². The van der Waals surface area contributed by atoms with Gasteiger partial charge in [0.15, 0.2) is 5.96 Å². The standard InChI is InChI=1S/C17H21N3O.HI/c1-12-5-8-15(9-6-12)20-17(18)19-11-14-7-4-13(2)10-16(14)21-3;/h4-10H,11H2,1-3H3,(H3,18,19,20);1H. The lowest BCUT2D eigenvalue weighted by molar-refractivity contribution is 0.409. The molecule has 22 heavy (non-hydrogen) atoms. The molecule has 0 heterocycles. The van der Waals surface area contributed by atoms with Crippen LogP contribution >= 0.6 is 24.0 Å². The summed E-state index contributed by atoms with van der Waals surface area (Å²) >= 11 is 0. The fourth-order valence-corrected chi connectivity index (χ4v) is 1.98. The zero-order chi connectivity index (χ0) is 15.2. The SMILES string of the molecule is COc1cc(C)ccc1CN=C(N)Nc1ccc(C)cc1.I. The van der Waals surface area contributed by atoms with Crippen LogP contribution in [0, 0.1) is 13.8 Å². The molecule has 0 spiro atoms. The number of aryl methyl sites for hydroxylation is 2. The lowest BCUT2D eigenvalue weighted by Gasteiger charge is -2.09. The summed E-state index contributed by atoms with van der Waals surface area (Å²) in [5, 5.41) is 3.08. The third-order valence-electron chi connectivity index (χ3n) is 3.19. The second-order valence-electron chi connectivity index (χ2n) is 5.01. The van der Waals surface area contributed by atoms with E-state index in [9.17, 15) is 0 Å². The lowest BCUT2D eigenvalue weighted by atomic mass is 10.1. The van der Waals surface area contributed by atoms with E-state index in [-0.39, 0.29) is 24.0 Å². The predicted octanol–water partition coefficient (Wildman–Crippen LogP) is 3.86. The fraction of sp³-hybridized carbons (Fsp3) is 0.235. The summed E-state index contributed by atoms with van der Waals surface area (Å²) in [6.45, 7) is 4.56. The van der Waals surface area contributed by atoms with Crippen molar-refractivity contribution in [1.29, 1.82) is 0 Å². The smallest absolute Gasteiger partial charge is 0.193 e. The van der Waals surface area contributed by atoms with Gasteiger partial charge in [0.25, 0.3) is 0 Å². The lowest BCUT2D eigenvalue weighted by Crippen LogP contribution is -2.22. The van der Waals surface area contributed by atoms with Gasteiger partial charge in [-0.2, -0.15) is 0 Å². The molecule has 0 fully saturated rings. The predicted molar refractivity (Wildman–Crippen MR) is 103 cm³/mol. The molecule has 0 bridgehead atoms. The van der Waals surface area contributed by atoms with Crippen LogP contribution in [0.2, 0.25) is 0 Å². The first-order valence-electron chi connectivity index (χ1n) is 6.85. The highest BCUT2D eigenvalue weighted by molar-refractivity contribution is 14.0. The maximum Gasteiger partial charge on any atom is 0.193 e. The Morgan fingerprint density at radius 3 is 2.36 bits per heavy atom. The summed E-state index contributed by atoms with van der Waals surface area (Å²) in [6, 6.07) is 14.0. The first-order chi connectivity index (χ1) is 10.1. The molecule has 0 amide bonds. The van der Waals surface area contributed by atoms with E-state index in [2.05, 4.69) is 10.3 Å². The summed E-state index contributed by atoms with van der Waals surface area (Å²) in [5.41, 5.74) is 10.2. The van der Waals surface area contributed by atoms with Gasteiger partial charge in [-0.1, -0.05) is 29.8 Å². The van der Waals surface area contributed by atoms with E-state index in [1.54, 1.807) is 7.11 Å². The molecule has 0 atom stereocenters. The number of guanidine groups is 1. The minimum Gasteiger partial charge on any atom is -0.496 e. The summed E-state index contributed by atoms with van der Waals surface area (Å²) in [5.74, 6) is 1.23. The van der Waals surface area contributed by atoms with Crippen LogP contribution in [0.4, 0.5) is 5.69 Å². The minimum absolute atomic E-state index is 0. The van der Waals surface area contributed by atoms with Crippen molar-refractivity contribution in [3.8, 4) is 5.75 Å². The van der Waals surface area contributed by atoms with Crippen molar-refractivity contribution in [2.45, 2.75) is 20.4 Å². The zero-order valence-corrected chi connectivity index (χ0v) is 15.4. The van der Waals surface area contributed by atoms with E-state index in [0.29, 0.717) is 12.5 Å². The monoisotopic (exact) mass is 411 g/mol. The van der Waals surface area contributed by atoms with Crippen molar-refractivity contribution in [3.05, 3.63) is 59.2 Å². The van der Waals surface area contributed by atoms with Crippen LogP contribution in [-0.4, -0.2) is 13.1 Å².